The molecule has 0 radical (unpaired) electrons. The first-order chi connectivity index (χ1) is 8.49. The average Bonchev–Trinajstić information content (AvgIpc) is 2.88. The normalized spacial score (nSPS) is 10.5. The van der Waals surface area contributed by atoms with Crippen LogP contribution in [0.25, 0.3) is 0 Å². The fourth-order valence-corrected chi connectivity index (χ4v) is 2.10. The Labute approximate surface area is 104 Å². The SMILES string of the molecule is Cn1cnc([N+](=O)[O-])c1Sc1ccc(C(=O)O)o1. The van der Waals surface area contributed by atoms with Crippen molar-refractivity contribution in [3.05, 3.63) is 34.3 Å². The summed E-state index contributed by atoms with van der Waals surface area (Å²) in [6.07, 6.45) is 1.31. The van der Waals surface area contributed by atoms with E-state index in [0.717, 1.165) is 11.8 Å². The highest BCUT2D eigenvalue weighted by molar-refractivity contribution is 7.99. The Balaban J connectivity index is 2.30. The molecule has 0 fully saturated rings. The molecule has 0 atom stereocenters. The topological polar surface area (TPSA) is 111 Å². The Hall–Kier alpha value is -2.29. The molecule has 0 saturated heterocycles. The van der Waals surface area contributed by atoms with Crippen LogP contribution in [0.1, 0.15) is 10.6 Å². The van der Waals surface area contributed by atoms with E-state index in [1.165, 1.54) is 23.0 Å². The highest BCUT2D eigenvalue weighted by atomic mass is 32.2. The number of hydrogen-bond donors (Lipinski definition) is 1. The minimum atomic E-state index is -1.19. The quantitative estimate of drug-likeness (QED) is 0.664. The van der Waals surface area contributed by atoms with Crippen LogP contribution in [0.5, 0.6) is 0 Å². The molecule has 9 heteroatoms. The molecule has 94 valence electrons. The van der Waals surface area contributed by atoms with Crippen molar-refractivity contribution in [2.75, 3.05) is 0 Å². The zero-order chi connectivity index (χ0) is 13.3. The Morgan fingerprint density at radius 2 is 2.33 bits per heavy atom. The molecular weight excluding hydrogens is 262 g/mol. The molecule has 0 bridgehead atoms. The first-order valence-electron chi connectivity index (χ1n) is 4.65. The van der Waals surface area contributed by atoms with Crippen molar-refractivity contribution in [2.45, 2.75) is 10.1 Å². The van der Waals surface area contributed by atoms with Crippen LogP contribution in [0.4, 0.5) is 5.82 Å². The van der Waals surface area contributed by atoms with Gasteiger partial charge in [0.15, 0.2) is 10.1 Å². The highest BCUT2D eigenvalue weighted by Gasteiger charge is 2.22. The molecule has 0 unspecified atom stereocenters. The van der Waals surface area contributed by atoms with E-state index in [1.807, 2.05) is 0 Å². The second kappa shape index (κ2) is 4.53. The second-order valence-electron chi connectivity index (χ2n) is 3.27. The summed E-state index contributed by atoms with van der Waals surface area (Å²) < 4.78 is 6.47. The summed E-state index contributed by atoms with van der Waals surface area (Å²) in [5.74, 6) is -1.71. The molecule has 2 aromatic rings. The third-order valence-corrected chi connectivity index (χ3v) is 3.11. The first-order valence-corrected chi connectivity index (χ1v) is 5.47. The van der Waals surface area contributed by atoms with Crippen molar-refractivity contribution < 1.29 is 19.2 Å². The molecule has 0 amide bonds. The van der Waals surface area contributed by atoms with Gasteiger partial charge in [-0.2, -0.15) is 0 Å². The van der Waals surface area contributed by atoms with E-state index in [0.29, 0.717) is 0 Å². The van der Waals surface area contributed by atoms with Crippen molar-refractivity contribution in [3.63, 3.8) is 0 Å². The number of aromatic carboxylic acids is 1. The van der Waals surface area contributed by atoms with Crippen molar-refractivity contribution in [1.82, 2.24) is 9.55 Å². The van der Waals surface area contributed by atoms with Crippen LogP contribution in [-0.4, -0.2) is 25.6 Å². The van der Waals surface area contributed by atoms with Crippen LogP contribution in [0.15, 0.2) is 33.0 Å². The number of rotatable bonds is 4. The van der Waals surface area contributed by atoms with Crippen LogP contribution in [0, 0.1) is 10.1 Å². The van der Waals surface area contributed by atoms with E-state index < -0.39 is 10.9 Å². The van der Waals surface area contributed by atoms with Gasteiger partial charge in [0, 0.05) is 7.05 Å². The number of carboxylic acids is 1. The van der Waals surface area contributed by atoms with Crippen LogP contribution < -0.4 is 0 Å². The van der Waals surface area contributed by atoms with E-state index in [2.05, 4.69) is 4.98 Å². The zero-order valence-corrected chi connectivity index (χ0v) is 9.88. The molecule has 0 aliphatic carbocycles. The summed E-state index contributed by atoms with van der Waals surface area (Å²) in [7, 11) is 1.60. The number of nitro groups is 1. The highest BCUT2D eigenvalue weighted by Crippen LogP contribution is 2.34. The molecular formula is C9H7N3O5S. The number of imidazole rings is 1. The molecule has 2 rings (SSSR count). The van der Waals surface area contributed by atoms with Crippen LogP contribution in [0.2, 0.25) is 0 Å². The second-order valence-corrected chi connectivity index (χ2v) is 4.26. The van der Waals surface area contributed by atoms with Gasteiger partial charge in [0.05, 0.1) is 0 Å². The molecule has 0 spiro atoms. The van der Waals surface area contributed by atoms with Gasteiger partial charge in [0.2, 0.25) is 12.1 Å². The number of nitrogens with zero attached hydrogens (tertiary/aromatic N) is 3. The lowest BCUT2D eigenvalue weighted by atomic mass is 10.5. The van der Waals surface area contributed by atoms with Gasteiger partial charge >= 0.3 is 11.8 Å². The van der Waals surface area contributed by atoms with Gasteiger partial charge < -0.3 is 24.2 Å². The van der Waals surface area contributed by atoms with Crippen LogP contribution >= 0.6 is 11.8 Å². The Bertz CT molecular complexity index is 618. The molecule has 8 nitrogen and oxygen atoms in total. The van der Waals surface area contributed by atoms with Gasteiger partial charge in [-0.25, -0.2) is 4.79 Å². The molecule has 2 aromatic heterocycles. The molecule has 0 aromatic carbocycles. The van der Waals surface area contributed by atoms with Crippen molar-refractivity contribution in [2.24, 2.45) is 7.05 Å². The number of hydrogen-bond acceptors (Lipinski definition) is 6. The van der Waals surface area contributed by atoms with Crippen LogP contribution in [0.3, 0.4) is 0 Å². The monoisotopic (exact) mass is 269 g/mol. The lowest BCUT2D eigenvalue weighted by Crippen LogP contribution is -1.93. The number of carboxylic acid groups (broad SMARTS) is 1. The van der Waals surface area contributed by atoms with Gasteiger partial charge in [-0.3, -0.25) is 0 Å². The van der Waals surface area contributed by atoms with E-state index in [-0.39, 0.29) is 21.7 Å². The fraction of sp³-hybridized carbons (Fsp3) is 0.111. The van der Waals surface area contributed by atoms with Gasteiger partial charge in [0.25, 0.3) is 0 Å². The smallest absolute Gasteiger partial charge is 0.396 e. The van der Waals surface area contributed by atoms with E-state index in [4.69, 9.17) is 9.52 Å². The predicted molar refractivity (Wildman–Crippen MR) is 59.7 cm³/mol. The van der Waals surface area contributed by atoms with Crippen molar-refractivity contribution in [3.8, 4) is 0 Å². The molecule has 2 heterocycles. The van der Waals surface area contributed by atoms with E-state index in [1.54, 1.807) is 7.05 Å². The van der Waals surface area contributed by atoms with Crippen LogP contribution in [-0.2, 0) is 7.05 Å². The number of aromatic nitrogens is 2. The van der Waals surface area contributed by atoms with E-state index >= 15 is 0 Å². The summed E-state index contributed by atoms with van der Waals surface area (Å²) in [5, 5.41) is 19.9. The molecule has 1 N–H and O–H groups in total. The molecule has 0 aliphatic heterocycles. The molecule has 0 aliphatic rings. The van der Waals surface area contributed by atoms with Crippen molar-refractivity contribution in [1.29, 1.82) is 0 Å². The van der Waals surface area contributed by atoms with Gasteiger partial charge in [-0.05, 0) is 33.8 Å². The average molecular weight is 269 g/mol. The third kappa shape index (κ3) is 2.20. The van der Waals surface area contributed by atoms with E-state index in [9.17, 15) is 14.9 Å². The Morgan fingerprint density at radius 1 is 1.61 bits per heavy atom. The number of furan rings is 1. The molecule has 0 saturated carbocycles. The summed E-state index contributed by atoms with van der Waals surface area (Å²) in [5.41, 5.74) is 0. The minimum absolute atomic E-state index is 0.220. The summed E-state index contributed by atoms with van der Waals surface area (Å²) in [4.78, 5) is 24.4. The number of aryl methyl sites for hydroxylation is 1. The third-order valence-electron chi connectivity index (χ3n) is 2.03. The Kier molecular flexibility index (Phi) is 3.06. The maximum atomic E-state index is 10.7. The molecule has 18 heavy (non-hydrogen) atoms. The standard InChI is InChI=1S/C9H7N3O5S/c1-11-4-10-7(12(15)16)8(11)18-6-3-2-5(17-6)9(13)14/h2-4H,1H3,(H,13,14). The fourth-order valence-electron chi connectivity index (χ4n) is 1.23. The maximum Gasteiger partial charge on any atom is 0.396 e. The zero-order valence-electron chi connectivity index (χ0n) is 9.06. The lowest BCUT2D eigenvalue weighted by Gasteiger charge is -1.98. The summed E-state index contributed by atoms with van der Waals surface area (Å²) in [6.45, 7) is 0. The lowest BCUT2D eigenvalue weighted by molar-refractivity contribution is -0.392. The maximum absolute atomic E-state index is 10.7. The summed E-state index contributed by atoms with van der Waals surface area (Å²) >= 11 is 0.943. The largest absolute Gasteiger partial charge is 0.475 e. The summed E-state index contributed by atoms with van der Waals surface area (Å²) in [6, 6.07) is 2.72. The predicted octanol–water partition coefficient (Wildman–Crippen LogP) is 1.77. The first kappa shape index (κ1) is 12.2. The number of carbonyl (C=O) groups is 1. The Morgan fingerprint density at radius 3 is 2.89 bits per heavy atom. The minimum Gasteiger partial charge on any atom is -0.475 e. The van der Waals surface area contributed by atoms with Gasteiger partial charge in [-0.15, -0.1) is 0 Å². The van der Waals surface area contributed by atoms with Crippen molar-refractivity contribution >= 4 is 23.5 Å². The van der Waals surface area contributed by atoms with Gasteiger partial charge in [-0.1, -0.05) is 0 Å². The van der Waals surface area contributed by atoms with Gasteiger partial charge in [0.1, 0.15) is 0 Å².